The number of halogens is 2. The summed E-state index contributed by atoms with van der Waals surface area (Å²) in [5, 5.41) is 6.41. The Morgan fingerprint density at radius 2 is 1.68 bits per heavy atom. The van der Waals surface area contributed by atoms with Crippen LogP contribution in [0.15, 0.2) is 72.8 Å². The molecule has 3 aromatic carbocycles. The van der Waals surface area contributed by atoms with Crippen molar-refractivity contribution < 1.29 is 9.53 Å². The lowest BCUT2D eigenvalue weighted by atomic mass is 10.2. The summed E-state index contributed by atoms with van der Waals surface area (Å²) in [6.45, 7) is 0.490. The first kappa shape index (κ1) is 20.1. The van der Waals surface area contributed by atoms with Crippen LogP contribution in [0.1, 0.15) is 15.9 Å². The number of anilines is 1. The zero-order chi connectivity index (χ0) is 19.9. The predicted octanol–water partition coefficient (Wildman–Crippen LogP) is 5.70. The van der Waals surface area contributed by atoms with Crippen LogP contribution >= 0.6 is 35.4 Å². The lowest BCUT2D eigenvalue weighted by Gasteiger charge is -2.11. The number of rotatable bonds is 5. The minimum atomic E-state index is -0.415. The average molecular weight is 431 g/mol. The molecule has 0 bridgehead atoms. The van der Waals surface area contributed by atoms with Crippen molar-refractivity contribution in [2.45, 2.75) is 6.61 Å². The molecule has 0 aliphatic rings. The molecule has 0 atom stereocenters. The van der Waals surface area contributed by atoms with Crippen LogP contribution in [0.5, 0.6) is 5.75 Å². The molecule has 0 heterocycles. The van der Waals surface area contributed by atoms with Gasteiger partial charge in [-0.05, 0) is 60.2 Å². The smallest absolute Gasteiger partial charge is 0.258 e. The second kappa shape index (κ2) is 9.55. The quantitative estimate of drug-likeness (QED) is 0.509. The normalized spacial score (nSPS) is 10.2. The van der Waals surface area contributed by atoms with Gasteiger partial charge in [-0.25, -0.2) is 0 Å². The van der Waals surface area contributed by atoms with E-state index in [-0.39, 0.29) is 10.1 Å². The van der Waals surface area contributed by atoms with E-state index in [4.69, 9.17) is 40.2 Å². The van der Waals surface area contributed by atoms with E-state index in [1.165, 1.54) is 6.07 Å². The summed E-state index contributed by atoms with van der Waals surface area (Å²) in [7, 11) is 0. The van der Waals surface area contributed by atoms with E-state index in [9.17, 15) is 4.79 Å². The molecule has 3 aromatic rings. The van der Waals surface area contributed by atoms with Gasteiger partial charge >= 0.3 is 0 Å². The van der Waals surface area contributed by atoms with Gasteiger partial charge in [0.05, 0.1) is 10.6 Å². The molecule has 0 spiro atoms. The van der Waals surface area contributed by atoms with Crippen molar-refractivity contribution in [2.24, 2.45) is 0 Å². The van der Waals surface area contributed by atoms with E-state index in [2.05, 4.69) is 10.6 Å². The molecule has 0 radical (unpaired) electrons. The SMILES string of the molecule is O=C(NC(=S)Nc1ccc(OCc2ccccc2)cc1)c1ccc(Cl)cc1Cl. The maximum atomic E-state index is 12.3. The summed E-state index contributed by atoms with van der Waals surface area (Å²) in [5.41, 5.74) is 2.11. The van der Waals surface area contributed by atoms with E-state index < -0.39 is 5.91 Å². The molecule has 0 aliphatic carbocycles. The highest BCUT2D eigenvalue weighted by Gasteiger charge is 2.12. The third kappa shape index (κ3) is 5.70. The summed E-state index contributed by atoms with van der Waals surface area (Å²) >= 11 is 17.1. The monoisotopic (exact) mass is 430 g/mol. The van der Waals surface area contributed by atoms with E-state index in [1.54, 1.807) is 12.1 Å². The highest BCUT2D eigenvalue weighted by molar-refractivity contribution is 7.80. The third-order valence-corrected chi connectivity index (χ3v) is 4.52. The van der Waals surface area contributed by atoms with Crippen LogP contribution in [-0.4, -0.2) is 11.0 Å². The molecule has 2 N–H and O–H groups in total. The van der Waals surface area contributed by atoms with Gasteiger partial charge in [-0.2, -0.15) is 0 Å². The lowest BCUT2D eigenvalue weighted by Crippen LogP contribution is -2.34. The van der Waals surface area contributed by atoms with E-state index in [0.717, 1.165) is 17.0 Å². The van der Waals surface area contributed by atoms with Gasteiger partial charge in [-0.3, -0.25) is 10.1 Å². The van der Waals surface area contributed by atoms with Crippen LogP contribution in [0.4, 0.5) is 5.69 Å². The second-order valence-electron chi connectivity index (χ2n) is 5.83. The third-order valence-electron chi connectivity index (χ3n) is 3.76. The number of thiocarbonyl (C=S) groups is 1. The van der Waals surface area contributed by atoms with Crippen molar-refractivity contribution in [1.82, 2.24) is 5.32 Å². The standard InChI is InChI=1S/C21H16Cl2N2O2S/c22-15-6-11-18(19(23)12-15)20(26)25-21(28)24-16-7-9-17(10-8-16)27-13-14-4-2-1-3-5-14/h1-12H,13H2,(H2,24,25,26,28). The van der Waals surface area contributed by atoms with Gasteiger partial charge in [0.2, 0.25) is 0 Å². The van der Waals surface area contributed by atoms with E-state index >= 15 is 0 Å². The highest BCUT2D eigenvalue weighted by atomic mass is 35.5. The molecule has 0 aromatic heterocycles. The van der Waals surface area contributed by atoms with Crippen LogP contribution in [0, 0.1) is 0 Å². The molecule has 0 saturated heterocycles. The number of nitrogens with one attached hydrogen (secondary N) is 2. The first-order valence-corrected chi connectivity index (χ1v) is 9.52. The summed E-state index contributed by atoms with van der Waals surface area (Å²) in [6, 6.07) is 21.8. The first-order valence-electron chi connectivity index (χ1n) is 8.35. The Labute approximate surface area is 178 Å². The van der Waals surface area contributed by atoms with Gasteiger partial charge < -0.3 is 10.1 Å². The molecular formula is C21H16Cl2N2O2S. The van der Waals surface area contributed by atoms with Crippen LogP contribution < -0.4 is 15.4 Å². The molecule has 0 aliphatic heterocycles. The molecule has 0 saturated carbocycles. The number of carbonyl (C=O) groups excluding carboxylic acids is 1. The zero-order valence-electron chi connectivity index (χ0n) is 14.6. The largest absolute Gasteiger partial charge is 0.489 e. The first-order chi connectivity index (χ1) is 13.5. The highest BCUT2D eigenvalue weighted by Crippen LogP contribution is 2.21. The summed E-state index contributed by atoms with van der Waals surface area (Å²) in [4.78, 5) is 12.3. The Kier molecular flexibility index (Phi) is 6.87. The Hall–Kier alpha value is -2.60. The zero-order valence-corrected chi connectivity index (χ0v) is 16.9. The van der Waals surface area contributed by atoms with Crippen molar-refractivity contribution in [3.05, 3.63) is 94.0 Å². The average Bonchev–Trinajstić information content (AvgIpc) is 2.68. The van der Waals surface area contributed by atoms with E-state index in [0.29, 0.717) is 17.2 Å². The molecule has 0 fully saturated rings. The molecule has 1 amide bonds. The lowest BCUT2D eigenvalue weighted by molar-refractivity contribution is 0.0978. The minimum absolute atomic E-state index is 0.161. The Balaban J connectivity index is 1.53. The fourth-order valence-electron chi connectivity index (χ4n) is 2.38. The second-order valence-corrected chi connectivity index (χ2v) is 7.08. The van der Waals surface area contributed by atoms with Gasteiger partial charge in [-0.15, -0.1) is 0 Å². The van der Waals surface area contributed by atoms with Gasteiger partial charge in [0.15, 0.2) is 5.11 Å². The molecule has 4 nitrogen and oxygen atoms in total. The number of hydrogen-bond donors (Lipinski definition) is 2. The fourth-order valence-corrected chi connectivity index (χ4v) is 3.09. The molecular weight excluding hydrogens is 415 g/mol. The number of hydrogen-bond acceptors (Lipinski definition) is 3. The Morgan fingerprint density at radius 3 is 2.36 bits per heavy atom. The topological polar surface area (TPSA) is 50.4 Å². The van der Waals surface area contributed by atoms with Crippen LogP contribution in [0.3, 0.4) is 0 Å². The Morgan fingerprint density at radius 1 is 0.964 bits per heavy atom. The summed E-state index contributed by atoms with van der Waals surface area (Å²) in [5.74, 6) is 0.319. The molecule has 28 heavy (non-hydrogen) atoms. The van der Waals surface area contributed by atoms with Crippen molar-refractivity contribution in [1.29, 1.82) is 0 Å². The number of carbonyl (C=O) groups is 1. The molecule has 7 heteroatoms. The van der Waals surface area contributed by atoms with Gasteiger partial charge in [0.1, 0.15) is 12.4 Å². The van der Waals surface area contributed by atoms with Crippen molar-refractivity contribution in [3.63, 3.8) is 0 Å². The van der Waals surface area contributed by atoms with Crippen LogP contribution in [0.25, 0.3) is 0 Å². The maximum absolute atomic E-state index is 12.3. The van der Waals surface area contributed by atoms with Crippen molar-refractivity contribution >= 4 is 52.1 Å². The molecule has 142 valence electrons. The summed E-state index contributed by atoms with van der Waals surface area (Å²) < 4.78 is 5.74. The number of amides is 1. The maximum Gasteiger partial charge on any atom is 0.258 e. The number of benzene rings is 3. The molecule has 3 rings (SSSR count). The van der Waals surface area contributed by atoms with Gasteiger partial charge in [-0.1, -0.05) is 53.5 Å². The van der Waals surface area contributed by atoms with E-state index in [1.807, 2.05) is 54.6 Å². The summed E-state index contributed by atoms with van der Waals surface area (Å²) in [6.07, 6.45) is 0. The number of ether oxygens (including phenoxy) is 1. The predicted molar refractivity (Wildman–Crippen MR) is 117 cm³/mol. The minimum Gasteiger partial charge on any atom is -0.489 e. The van der Waals surface area contributed by atoms with Gasteiger partial charge in [0, 0.05) is 10.7 Å². The van der Waals surface area contributed by atoms with Gasteiger partial charge in [0.25, 0.3) is 5.91 Å². The molecule has 0 unspecified atom stereocenters. The fraction of sp³-hybridized carbons (Fsp3) is 0.0476. The van der Waals surface area contributed by atoms with Crippen LogP contribution in [0.2, 0.25) is 10.0 Å². The van der Waals surface area contributed by atoms with Crippen molar-refractivity contribution in [3.8, 4) is 5.75 Å². The Bertz CT molecular complexity index is 979. The van der Waals surface area contributed by atoms with Crippen LogP contribution in [-0.2, 0) is 6.61 Å². The van der Waals surface area contributed by atoms with Crippen molar-refractivity contribution in [2.75, 3.05) is 5.32 Å².